The van der Waals surface area contributed by atoms with Crippen LogP contribution in [0.5, 0.6) is 11.5 Å². The van der Waals surface area contributed by atoms with E-state index in [0.29, 0.717) is 34.9 Å². The number of nitro benzene ring substituents is 1. The van der Waals surface area contributed by atoms with E-state index in [4.69, 9.17) is 9.47 Å². The average molecular weight is 441 g/mol. The molecule has 0 spiro atoms. The number of carbonyl (C=O) groups is 2. The molecule has 32 heavy (non-hydrogen) atoms. The lowest BCUT2D eigenvalue weighted by atomic mass is 10.1. The molecular weight excluding hydrogens is 414 g/mol. The molecule has 1 saturated heterocycles. The standard InChI is InChI=1S/C23H27N3O6/c1-3-31-21-13-17(23(28)24-18-9-7-16(2)19(14-18)26(29)30)8-10-20(21)32-15-22(27)25-11-5-4-6-12-25/h7-10,13-14H,3-6,11-12,15H2,1-2H3,(H,24,28). The van der Waals surface area contributed by atoms with Crippen LogP contribution in [0.2, 0.25) is 0 Å². The Kier molecular flexibility index (Phi) is 7.64. The van der Waals surface area contributed by atoms with E-state index in [0.717, 1.165) is 32.4 Å². The Labute approximate surface area is 186 Å². The number of ether oxygens (including phenoxy) is 2. The molecule has 1 aliphatic rings. The van der Waals surface area contributed by atoms with Gasteiger partial charge in [-0.15, -0.1) is 0 Å². The number of piperidine rings is 1. The lowest BCUT2D eigenvalue weighted by Crippen LogP contribution is -2.38. The smallest absolute Gasteiger partial charge is 0.274 e. The second-order valence-corrected chi connectivity index (χ2v) is 7.54. The zero-order valence-corrected chi connectivity index (χ0v) is 18.3. The van der Waals surface area contributed by atoms with Gasteiger partial charge in [0.1, 0.15) is 0 Å². The van der Waals surface area contributed by atoms with E-state index in [1.807, 2.05) is 0 Å². The lowest BCUT2D eigenvalue weighted by Gasteiger charge is -2.26. The third kappa shape index (κ3) is 5.75. The van der Waals surface area contributed by atoms with Crippen molar-refractivity contribution < 1.29 is 24.0 Å². The zero-order chi connectivity index (χ0) is 23.1. The van der Waals surface area contributed by atoms with E-state index < -0.39 is 10.8 Å². The second kappa shape index (κ2) is 10.6. The molecule has 0 aromatic heterocycles. The Balaban J connectivity index is 1.70. The summed E-state index contributed by atoms with van der Waals surface area (Å²) in [4.78, 5) is 37.5. The fraction of sp³-hybridized carbons (Fsp3) is 0.391. The van der Waals surface area contributed by atoms with E-state index in [-0.39, 0.29) is 18.2 Å². The number of nitrogens with one attached hydrogen (secondary N) is 1. The van der Waals surface area contributed by atoms with Gasteiger partial charge in [0, 0.05) is 36.0 Å². The fourth-order valence-corrected chi connectivity index (χ4v) is 3.50. The molecular formula is C23H27N3O6. The van der Waals surface area contributed by atoms with Crippen molar-refractivity contribution in [2.24, 2.45) is 0 Å². The quantitative estimate of drug-likeness (QED) is 0.491. The van der Waals surface area contributed by atoms with Crippen LogP contribution in [0.3, 0.4) is 0 Å². The molecule has 2 aromatic carbocycles. The Morgan fingerprint density at radius 3 is 2.50 bits per heavy atom. The van der Waals surface area contributed by atoms with Gasteiger partial charge >= 0.3 is 0 Å². The van der Waals surface area contributed by atoms with Gasteiger partial charge in [0.15, 0.2) is 18.1 Å². The molecule has 2 aromatic rings. The predicted octanol–water partition coefficient (Wildman–Crippen LogP) is 3.95. The highest BCUT2D eigenvalue weighted by Gasteiger charge is 2.19. The van der Waals surface area contributed by atoms with Crippen LogP contribution in [-0.4, -0.2) is 47.9 Å². The first-order chi connectivity index (χ1) is 15.4. The number of amides is 2. The number of aryl methyl sites for hydroxylation is 1. The molecule has 0 aliphatic carbocycles. The van der Waals surface area contributed by atoms with Crippen LogP contribution in [0.15, 0.2) is 36.4 Å². The number of nitrogens with zero attached hydrogens (tertiary/aromatic N) is 2. The highest BCUT2D eigenvalue weighted by atomic mass is 16.6. The minimum atomic E-state index is -0.491. The number of hydrogen-bond donors (Lipinski definition) is 1. The Hall–Kier alpha value is -3.62. The minimum absolute atomic E-state index is 0.0695. The topological polar surface area (TPSA) is 111 Å². The molecule has 0 atom stereocenters. The van der Waals surface area contributed by atoms with Crippen molar-refractivity contribution in [3.05, 3.63) is 57.6 Å². The highest BCUT2D eigenvalue weighted by molar-refractivity contribution is 6.04. The SMILES string of the molecule is CCOc1cc(C(=O)Nc2ccc(C)c([N+](=O)[O-])c2)ccc1OCC(=O)N1CCCCC1. The summed E-state index contributed by atoms with van der Waals surface area (Å²) in [6.07, 6.45) is 3.15. The summed E-state index contributed by atoms with van der Waals surface area (Å²) in [5.74, 6) is 0.205. The monoisotopic (exact) mass is 441 g/mol. The highest BCUT2D eigenvalue weighted by Crippen LogP contribution is 2.29. The maximum atomic E-state index is 12.7. The Morgan fingerprint density at radius 1 is 1.06 bits per heavy atom. The Bertz CT molecular complexity index is 1000. The van der Waals surface area contributed by atoms with E-state index in [1.54, 1.807) is 43.0 Å². The van der Waals surface area contributed by atoms with Crippen molar-refractivity contribution in [2.45, 2.75) is 33.1 Å². The third-order valence-corrected chi connectivity index (χ3v) is 5.23. The molecule has 0 radical (unpaired) electrons. The summed E-state index contributed by atoms with van der Waals surface area (Å²) in [5, 5.41) is 13.8. The fourth-order valence-electron chi connectivity index (χ4n) is 3.50. The van der Waals surface area contributed by atoms with Crippen molar-refractivity contribution >= 4 is 23.2 Å². The van der Waals surface area contributed by atoms with Gasteiger partial charge in [0.05, 0.1) is 11.5 Å². The van der Waals surface area contributed by atoms with Crippen molar-refractivity contribution in [1.82, 2.24) is 4.90 Å². The molecule has 9 nitrogen and oxygen atoms in total. The number of hydrogen-bond acceptors (Lipinski definition) is 6. The summed E-state index contributed by atoms with van der Waals surface area (Å²) in [6.45, 7) is 5.19. The summed E-state index contributed by atoms with van der Waals surface area (Å²) in [6, 6.07) is 9.17. The normalized spacial score (nSPS) is 13.4. The van der Waals surface area contributed by atoms with Crippen LogP contribution in [0, 0.1) is 17.0 Å². The largest absolute Gasteiger partial charge is 0.490 e. The van der Waals surface area contributed by atoms with Crippen LogP contribution in [0.4, 0.5) is 11.4 Å². The van der Waals surface area contributed by atoms with Crippen molar-refractivity contribution in [3.8, 4) is 11.5 Å². The number of rotatable bonds is 8. The molecule has 0 saturated carbocycles. The first-order valence-electron chi connectivity index (χ1n) is 10.6. The van der Waals surface area contributed by atoms with Gasteiger partial charge in [-0.2, -0.15) is 0 Å². The maximum absolute atomic E-state index is 12.7. The first kappa shape index (κ1) is 23.1. The summed E-state index contributed by atoms with van der Waals surface area (Å²) < 4.78 is 11.3. The van der Waals surface area contributed by atoms with Crippen molar-refractivity contribution in [2.75, 3.05) is 31.6 Å². The number of benzene rings is 2. The van der Waals surface area contributed by atoms with E-state index in [2.05, 4.69) is 5.32 Å². The molecule has 1 N–H and O–H groups in total. The van der Waals surface area contributed by atoms with Gasteiger partial charge in [0.25, 0.3) is 17.5 Å². The van der Waals surface area contributed by atoms with Gasteiger partial charge in [-0.25, -0.2) is 0 Å². The summed E-state index contributed by atoms with van der Waals surface area (Å²) >= 11 is 0. The number of nitro groups is 1. The molecule has 1 heterocycles. The number of carbonyl (C=O) groups excluding carboxylic acids is 2. The maximum Gasteiger partial charge on any atom is 0.274 e. The molecule has 1 fully saturated rings. The Morgan fingerprint density at radius 2 is 1.81 bits per heavy atom. The number of anilines is 1. The van der Waals surface area contributed by atoms with Crippen molar-refractivity contribution in [3.63, 3.8) is 0 Å². The van der Waals surface area contributed by atoms with Crippen LogP contribution in [-0.2, 0) is 4.79 Å². The average Bonchev–Trinajstić information content (AvgIpc) is 2.79. The summed E-state index contributed by atoms with van der Waals surface area (Å²) in [5.41, 5.74) is 1.05. The van der Waals surface area contributed by atoms with Gasteiger partial charge in [0.2, 0.25) is 0 Å². The second-order valence-electron chi connectivity index (χ2n) is 7.54. The predicted molar refractivity (Wildman–Crippen MR) is 119 cm³/mol. The van der Waals surface area contributed by atoms with E-state index >= 15 is 0 Å². The van der Waals surface area contributed by atoms with Crippen LogP contribution in [0.25, 0.3) is 0 Å². The van der Waals surface area contributed by atoms with Gasteiger partial charge in [-0.05, 0) is 57.4 Å². The zero-order valence-electron chi connectivity index (χ0n) is 18.3. The van der Waals surface area contributed by atoms with Crippen LogP contribution >= 0.6 is 0 Å². The third-order valence-electron chi connectivity index (χ3n) is 5.23. The molecule has 1 aliphatic heterocycles. The minimum Gasteiger partial charge on any atom is -0.490 e. The molecule has 0 unspecified atom stereocenters. The van der Waals surface area contributed by atoms with Gasteiger partial charge < -0.3 is 19.7 Å². The van der Waals surface area contributed by atoms with Gasteiger partial charge in [-0.3, -0.25) is 19.7 Å². The summed E-state index contributed by atoms with van der Waals surface area (Å²) in [7, 11) is 0. The van der Waals surface area contributed by atoms with Crippen LogP contribution in [0.1, 0.15) is 42.1 Å². The van der Waals surface area contributed by atoms with Gasteiger partial charge in [-0.1, -0.05) is 6.07 Å². The first-order valence-corrected chi connectivity index (χ1v) is 10.6. The van der Waals surface area contributed by atoms with Crippen LogP contribution < -0.4 is 14.8 Å². The van der Waals surface area contributed by atoms with E-state index in [9.17, 15) is 19.7 Å². The van der Waals surface area contributed by atoms with Crippen molar-refractivity contribution in [1.29, 1.82) is 0 Å². The number of likely N-dealkylation sites (tertiary alicyclic amines) is 1. The molecule has 0 bridgehead atoms. The molecule has 2 amide bonds. The molecule has 9 heteroatoms. The molecule has 170 valence electrons. The molecule has 3 rings (SSSR count). The lowest BCUT2D eigenvalue weighted by molar-refractivity contribution is -0.385. The van der Waals surface area contributed by atoms with E-state index in [1.165, 1.54) is 12.1 Å².